The molecular weight excluding hydrogens is 536 g/mol. The zero-order chi connectivity index (χ0) is 30.6. The molecule has 7 rings (SSSR count). The summed E-state index contributed by atoms with van der Waals surface area (Å²) in [5, 5.41) is 9.48. The Morgan fingerprint density at radius 1 is 0.432 bits per heavy atom. The standard InChI is InChI=1S/C42H46O2/c1-7-9-11-17-41(3,4)31-15-13-27-21-33-35-25-40-36(26-39(35)43-37(33)23-29(27)19-31)34-22-28-14-16-32(20-30(28)24-38(34)44-40)42(5,6)18-12-10-8-2/h13-16,19-26H,7-12,17-18H2,1-6H3. The highest BCUT2D eigenvalue weighted by Crippen LogP contribution is 2.41. The Kier molecular flexibility index (Phi) is 7.23. The minimum Gasteiger partial charge on any atom is -0.456 e. The Bertz CT molecular complexity index is 1990. The Balaban J connectivity index is 1.29. The van der Waals surface area contributed by atoms with Crippen LogP contribution in [0, 0.1) is 0 Å². The quantitative estimate of drug-likeness (QED) is 0.150. The Morgan fingerprint density at radius 2 is 0.818 bits per heavy atom. The average Bonchev–Trinajstić information content (AvgIpc) is 3.53. The van der Waals surface area contributed by atoms with E-state index in [1.165, 1.54) is 84.0 Å². The smallest absolute Gasteiger partial charge is 0.136 e. The number of furan rings is 2. The maximum atomic E-state index is 6.53. The molecular formula is C42H46O2. The van der Waals surface area contributed by atoms with Crippen LogP contribution in [0.2, 0.25) is 0 Å². The lowest BCUT2D eigenvalue weighted by Crippen LogP contribution is -2.16. The topological polar surface area (TPSA) is 26.3 Å². The first kappa shape index (κ1) is 29.0. The van der Waals surface area contributed by atoms with Gasteiger partial charge in [0.05, 0.1) is 0 Å². The van der Waals surface area contributed by atoms with Crippen LogP contribution in [0.4, 0.5) is 0 Å². The highest BCUT2D eigenvalue weighted by atomic mass is 16.3. The van der Waals surface area contributed by atoms with Crippen molar-refractivity contribution in [2.75, 3.05) is 0 Å². The van der Waals surface area contributed by atoms with Crippen molar-refractivity contribution in [1.29, 1.82) is 0 Å². The van der Waals surface area contributed by atoms with Gasteiger partial charge in [0.25, 0.3) is 0 Å². The van der Waals surface area contributed by atoms with Crippen molar-refractivity contribution < 1.29 is 8.83 Å². The minimum absolute atomic E-state index is 0.161. The van der Waals surface area contributed by atoms with Crippen molar-refractivity contribution in [2.24, 2.45) is 0 Å². The fourth-order valence-corrected chi connectivity index (χ4v) is 7.29. The van der Waals surface area contributed by atoms with Crippen LogP contribution >= 0.6 is 0 Å². The molecule has 0 aliphatic carbocycles. The molecule has 44 heavy (non-hydrogen) atoms. The van der Waals surface area contributed by atoms with E-state index in [2.05, 4.69) is 114 Å². The van der Waals surface area contributed by atoms with E-state index < -0.39 is 0 Å². The highest BCUT2D eigenvalue weighted by molar-refractivity contribution is 6.18. The van der Waals surface area contributed by atoms with Crippen LogP contribution < -0.4 is 0 Å². The molecule has 0 spiro atoms. The summed E-state index contributed by atoms with van der Waals surface area (Å²) in [4.78, 5) is 0. The summed E-state index contributed by atoms with van der Waals surface area (Å²) in [7, 11) is 0. The fourth-order valence-electron chi connectivity index (χ4n) is 7.29. The Labute approximate surface area is 261 Å². The second-order valence-corrected chi connectivity index (χ2v) is 14.6. The first-order chi connectivity index (χ1) is 21.2. The van der Waals surface area contributed by atoms with E-state index in [0.717, 1.165) is 43.9 Å². The van der Waals surface area contributed by atoms with Gasteiger partial charge in [-0.2, -0.15) is 0 Å². The lowest BCUT2D eigenvalue weighted by Gasteiger charge is -2.25. The molecule has 0 aliphatic heterocycles. The molecule has 0 fully saturated rings. The van der Waals surface area contributed by atoms with Crippen LogP contribution in [0.1, 0.15) is 104 Å². The van der Waals surface area contributed by atoms with E-state index in [-0.39, 0.29) is 10.8 Å². The fraction of sp³-hybridized carbons (Fsp3) is 0.381. The molecule has 0 aliphatic rings. The second-order valence-electron chi connectivity index (χ2n) is 14.6. The molecule has 0 radical (unpaired) electrons. The van der Waals surface area contributed by atoms with Crippen LogP contribution in [-0.4, -0.2) is 0 Å². The molecule has 0 unspecified atom stereocenters. The zero-order valence-corrected chi connectivity index (χ0v) is 27.4. The van der Waals surface area contributed by atoms with Gasteiger partial charge >= 0.3 is 0 Å². The van der Waals surface area contributed by atoms with Gasteiger partial charge in [-0.25, -0.2) is 0 Å². The predicted octanol–water partition coefficient (Wildman–Crippen LogP) is 13.5. The maximum Gasteiger partial charge on any atom is 0.136 e. The largest absolute Gasteiger partial charge is 0.456 e. The van der Waals surface area contributed by atoms with Gasteiger partial charge in [-0.3, -0.25) is 0 Å². The van der Waals surface area contributed by atoms with Crippen molar-refractivity contribution in [1.82, 2.24) is 0 Å². The number of hydrogen-bond acceptors (Lipinski definition) is 2. The van der Waals surface area contributed by atoms with Crippen molar-refractivity contribution in [3.8, 4) is 0 Å². The van der Waals surface area contributed by atoms with Gasteiger partial charge in [0, 0.05) is 21.5 Å². The monoisotopic (exact) mass is 582 g/mol. The molecule has 0 saturated heterocycles. The lowest BCUT2D eigenvalue weighted by molar-refractivity contribution is 0.450. The van der Waals surface area contributed by atoms with Crippen molar-refractivity contribution >= 4 is 65.4 Å². The average molecular weight is 583 g/mol. The SMILES string of the molecule is CCCCCC(C)(C)c1ccc2cc3c(cc2c1)oc1cc2c(cc13)oc1cc3cc(C(C)(C)CCCCC)ccc3cc12. The third-order valence-electron chi connectivity index (χ3n) is 10.4. The summed E-state index contributed by atoms with van der Waals surface area (Å²) in [6, 6.07) is 27.4. The van der Waals surface area contributed by atoms with E-state index in [9.17, 15) is 0 Å². The lowest BCUT2D eigenvalue weighted by atomic mass is 9.79. The minimum atomic E-state index is 0.161. The number of rotatable bonds is 10. The number of benzene rings is 5. The molecule has 2 heteroatoms. The second kappa shape index (κ2) is 11.0. The normalized spacial score (nSPS) is 13.0. The molecule has 0 atom stereocenters. The first-order valence-corrected chi connectivity index (χ1v) is 16.9. The van der Waals surface area contributed by atoms with E-state index in [4.69, 9.17) is 8.83 Å². The molecule has 226 valence electrons. The van der Waals surface area contributed by atoms with Gasteiger partial charge in [-0.05, 0) is 92.7 Å². The van der Waals surface area contributed by atoms with E-state index in [0.29, 0.717) is 0 Å². The van der Waals surface area contributed by atoms with Crippen LogP contribution in [0.5, 0.6) is 0 Å². The summed E-state index contributed by atoms with van der Waals surface area (Å²) in [6.07, 6.45) is 10.1. The molecule has 2 nitrogen and oxygen atoms in total. The Morgan fingerprint density at radius 3 is 1.23 bits per heavy atom. The van der Waals surface area contributed by atoms with Crippen LogP contribution in [0.15, 0.2) is 81.6 Å². The third kappa shape index (κ3) is 5.07. The summed E-state index contributed by atoms with van der Waals surface area (Å²) >= 11 is 0. The first-order valence-electron chi connectivity index (χ1n) is 16.9. The summed E-state index contributed by atoms with van der Waals surface area (Å²) in [6.45, 7) is 14.0. The van der Waals surface area contributed by atoms with Gasteiger partial charge in [0.1, 0.15) is 22.3 Å². The Hall–Kier alpha value is -3.78. The van der Waals surface area contributed by atoms with Gasteiger partial charge in [0.15, 0.2) is 0 Å². The predicted molar refractivity (Wildman–Crippen MR) is 190 cm³/mol. The molecule has 2 heterocycles. The third-order valence-corrected chi connectivity index (χ3v) is 10.4. The molecule has 0 bridgehead atoms. The summed E-state index contributed by atoms with van der Waals surface area (Å²) in [5.41, 5.74) is 6.82. The van der Waals surface area contributed by atoms with Crippen molar-refractivity contribution in [2.45, 2.75) is 104 Å². The van der Waals surface area contributed by atoms with Crippen LogP contribution in [0.25, 0.3) is 65.4 Å². The molecule has 0 amide bonds. The summed E-state index contributed by atoms with van der Waals surface area (Å²) < 4.78 is 13.1. The highest BCUT2D eigenvalue weighted by Gasteiger charge is 2.22. The van der Waals surface area contributed by atoms with Crippen molar-refractivity contribution in [3.63, 3.8) is 0 Å². The molecule has 0 saturated carbocycles. The zero-order valence-electron chi connectivity index (χ0n) is 27.4. The molecule has 2 aromatic heterocycles. The van der Waals surface area contributed by atoms with Gasteiger partial charge in [-0.1, -0.05) is 116 Å². The van der Waals surface area contributed by atoms with E-state index >= 15 is 0 Å². The number of unbranched alkanes of at least 4 members (excludes halogenated alkanes) is 4. The molecule has 0 N–H and O–H groups in total. The van der Waals surface area contributed by atoms with Crippen LogP contribution in [-0.2, 0) is 10.8 Å². The van der Waals surface area contributed by atoms with Gasteiger partial charge in [0.2, 0.25) is 0 Å². The molecule has 5 aromatic carbocycles. The van der Waals surface area contributed by atoms with Gasteiger partial charge < -0.3 is 8.83 Å². The number of hydrogen-bond donors (Lipinski definition) is 0. The molecule has 7 aromatic rings. The van der Waals surface area contributed by atoms with E-state index in [1.54, 1.807) is 0 Å². The van der Waals surface area contributed by atoms with Crippen LogP contribution in [0.3, 0.4) is 0 Å². The van der Waals surface area contributed by atoms with Gasteiger partial charge in [-0.15, -0.1) is 0 Å². The van der Waals surface area contributed by atoms with E-state index in [1.807, 2.05) is 0 Å². The van der Waals surface area contributed by atoms with Crippen molar-refractivity contribution in [3.05, 3.63) is 83.9 Å². The summed E-state index contributed by atoms with van der Waals surface area (Å²) in [5.74, 6) is 0. The maximum absolute atomic E-state index is 6.53. The number of fused-ring (bicyclic) bond motifs is 8.